The van der Waals surface area contributed by atoms with Crippen LogP contribution in [0.3, 0.4) is 0 Å². The average Bonchev–Trinajstić information content (AvgIpc) is 1.56. The maximum absolute atomic E-state index is 9.45. The van der Waals surface area contributed by atoms with Crippen molar-refractivity contribution < 1.29 is 5.11 Å². The van der Waals surface area contributed by atoms with E-state index in [4.69, 9.17) is 11.6 Å². The number of hydrogen-bond acceptors (Lipinski definition) is 1. The first-order chi connectivity index (χ1) is 4.63. The van der Waals surface area contributed by atoms with Gasteiger partial charge in [-0.1, -0.05) is 38.4 Å². The molecule has 66 valence electrons. The van der Waals surface area contributed by atoms with E-state index in [0.717, 1.165) is 0 Å². The second kappa shape index (κ2) is 3.16. The van der Waals surface area contributed by atoms with Gasteiger partial charge in [0.2, 0.25) is 0 Å². The molecule has 0 aromatic heterocycles. The molecule has 0 saturated heterocycles. The van der Waals surface area contributed by atoms with Crippen molar-refractivity contribution >= 4 is 11.6 Å². The molecule has 2 heteroatoms. The number of rotatable bonds is 1. The third-order valence-corrected chi connectivity index (χ3v) is 1.72. The Bertz CT molecular complexity index is 157. The maximum Gasteiger partial charge on any atom is 0.0942 e. The minimum Gasteiger partial charge on any atom is -0.385 e. The predicted octanol–water partition coefficient (Wildman–Crippen LogP) is 2.93. The minimum absolute atomic E-state index is 0.0249. The highest BCUT2D eigenvalue weighted by Crippen LogP contribution is 2.26. The van der Waals surface area contributed by atoms with Gasteiger partial charge in [-0.05, 0) is 19.3 Å². The number of allylic oxidation sites excluding steroid dienone is 1. The van der Waals surface area contributed by atoms with Gasteiger partial charge >= 0.3 is 0 Å². The summed E-state index contributed by atoms with van der Waals surface area (Å²) >= 11 is 5.85. The van der Waals surface area contributed by atoms with E-state index in [0.29, 0.717) is 5.03 Å². The molecule has 0 radical (unpaired) electrons. The lowest BCUT2D eigenvalue weighted by atomic mass is 9.93. The van der Waals surface area contributed by atoms with Crippen molar-refractivity contribution in [3.8, 4) is 0 Å². The molecule has 1 N–H and O–H groups in total. The molecular weight excluding hydrogens is 160 g/mol. The van der Waals surface area contributed by atoms with E-state index in [1.165, 1.54) is 0 Å². The van der Waals surface area contributed by atoms with Crippen molar-refractivity contribution in [1.82, 2.24) is 0 Å². The molecule has 0 saturated carbocycles. The first-order valence-electron chi connectivity index (χ1n) is 3.74. The lowest BCUT2D eigenvalue weighted by Crippen LogP contribution is -2.20. The van der Waals surface area contributed by atoms with Crippen molar-refractivity contribution in [3.63, 3.8) is 0 Å². The molecule has 0 fully saturated rings. The Balaban J connectivity index is 4.49. The van der Waals surface area contributed by atoms with Crippen molar-refractivity contribution in [2.45, 2.75) is 40.2 Å². The number of aliphatic hydroxyl groups is 1. The Hall–Kier alpha value is -0.0100. The fourth-order valence-corrected chi connectivity index (χ4v) is 0.884. The molecule has 0 unspecified atom stereocenters. The second-order valence-electron chi connectivity index (χ2n) is 4.42. The summed E-state index contributed by atoms with van der Waals surface area (Å²) in [6.07, 6.45) is 1.87. The van der Waals surface area contributed by atoms with Gasteiger partial charge in [0.15, 0.2) is 0 Å². The Labute approximate surface area is 74.1 Å². The van der Waals surface area contributed by atoms with E-state index in [1.807, 2.05) is 26.8 Å². The SMILES string of the molecule is CC(C)(C)/C=C(\Cl)C(C)(C)O. The van der Waals surface area contributed by atoms with Crippen LogP contribution in [0.1, 0.15) is 34.6 Å². The molecule has 0 aromatic rings. The van der Waals surface area contributed by atoms with Crippen LogP contribution >= 0.6 is 11.6 Å². The zero-order valence-electron chi connectivity index (χ0n) is 7.90. The van der Waals surface area contributed by atoms with Crippen LogP contribution in [0.4, 0.5) is 0 Å². The Morgan fingerprint density at radius 1 is 1.18 bits per heavy atom. The van der Waals surface area contributed by atoms with Crippen molar-refractivity contribution in [3.05, 3.63) is 11.1 Å². The monoisotopic (exact) mass is 176 g/mol. The normalized spacial score (nSPS) is 15.4. The third-order valence-electron chi connectivity index (χ3n) is 1.14. The summed E-state index contributed by atoms with van der Waals surface area (Å²) in [5, 5.41) is 9.95. The van der Waals surface area contributed by atoms with Gasteiger partial charge in [0.25, 0.3) is 0 Å². The summed E-state index contributed by atoms with van der Waals surface area (Å²) in [4.78, 5) is 0. The quantitative estimate of drug-likeness (QED) is 0.652. The summed E-state index contributed by atoms with van der Waals surface area (Å²) < 4.78 is 0. The van der Waals surface area contributed by atoms with Gasteiger partial charge in [-0.3, -0.25) is 0 Å². The van der Waals surface area contributed by atoms with E-state index < -0.39 is 5.60 Å². The van der Waals surface area contributed by atoms with Crippen LogP contribution in [0.15, 0.2) is 11.1 Å². The van der Waals surface area contributed by atoms with E-state index in [2.05, 4.69) is 0 Å². The molecule has 11 heavy (non-hydrogen) atoms. The fourth-order valence-electron chi connectivity index (χ4n) is 0.557. The summed E-state index contributed by atoms with van der Waals surface area (Å²) in [5.41, 5.74) is -0.883. The zero-order chi connectivity index (χ0) is 9.28. The molecule has 1 nitrogen and oxygen atoms in total. The minimum atomic E-state index is -0.908. The van der Waals surface area contributed by atoms with Crippen LogP contribution in [0.25, 0.3) is 0 Å². The van der Waals surface area contributed by atoms with E-state index in [9.17, 15) is 5.11 Å². The van der Waals surface area contributed by atoms with Crippen LogP contribution in [-0.2, 0) is 0 Å². The smallest absolute Gasteiger partial charge is 0.0942 e. The van der Waals surface area contributed by atoms with Crippen LogP contribution < -0.4 is 0 Å². The Morgan fingerprint density at radius 2 is 1.55 bits per heavy atom. The predicted molar refractivity (Wildman–Crippen MR) is 49.7 cm³/mol. The fraction of sp³-hybridized carbons (Fsp3) is 0.778. The molecule has 0 heterocycles. The molecule has 0 aliphatic heterocycles. The number of halogens is 1. The highest BCUT2D eigenvalue weighted by Gasteiger charge is 2.19. The molecular formula is C9H17ClO. The lowest BCUT2D eigenvalue weighted by molar-refractivity contribution is 0.127. The van der Waals surface area contributed by atoms with Crippen LogP contribution in [0, 0.1) is 5.41 Å². The first kappa shape index (κ1) is 11.0. The lowest BCUT2D eigenvalue weighted by Gasteiger charge is -2.20. The van der Waals surface area contributed by atoms with Crippen LogP contribution in [-0.4, -0.2) is 10.7 Å². The van der Waals surface area contributed by atoms with E-state index in [1.54, 1.807) is 13.8 Å². The van der Waals surface area contributed by atoms with Crippen molar-refractivity contribution in [2.75, 3.05) is 0 Å². The molecule has 0 atom stereocenters. The topological polar surface area (TPSA) is 20.2 Å². The van der Waals surface area contributed by atoms with Gasteiger partial charge in [0, 0.05) is 5.03 Å². The summed E-state index contributed by atoms with van der Waals surface area (Å²) in [6.45, 7) is 9.48. The van der Waals surface area contributed by atoms with Gasteiger partial charge in [-0.15, -0.1) is 0 Å². The molecule has 0 aliphatic rings. The number of hydrogen-bond donors (Lipinski definition) is 1. The molecule has 0 aliphatic carbocycles. The van der Waals surface area contributed by atoms with Gasteiger partial charge in [-0.25, -0.2) is 0 Å². The molecule has 0 bridgehead atoms. The van der Waals surface area contributed by atoms with Gasteiger partial charge in [0.05, 0.1) is 5.60 Å². The zero-order valence-corrected chi connectivity index (χ0v) is 8.66. The van der Waals surface area contributed by atoms with Crippen LogP contribution in [0.2, 0.25) is 0 Å². The molecule has 0 rings (SSSR count). The maximum atomic E-state index is 9.45. The van der Waals surface area contributed by atoms with Crippen molar-refractivity contribution in [2.24, 2.45) is 5.41 Å². The van der Waals surface area contributed by atoms with Gasteiger partial charge in [-0.2, -0.15) is 0 Å². The average molecular weight is 177 g/mol. The van der Waals surface area contributed by atoms with Crippen molar-refractivity contribution in [1.29, 1.82) is 0 Å². The summed E-state index contributed by atoms with van der Waals surface area (Å²) in [5.74, 6) is 0. The standard InChI is InChI=1S/C9H17ClO/c1-8(2,3)6-7(10)9(4,5)11/h6,11H,1-5H3/b7-6-. The third kappa shape index (κ3) is 5.28. The largest absolute Gasteiger partial charge is 0.385 e. The van der Waals surface area contributed by atoms with Gasteiger partial charge < -0.3 is 5.11 Å². The highest BCUT2D eigenvalue weighted by molar-refractivity contribution is 6.30. The van der Waals surface area contributed by atoms with E-state index in [-0.39, 0.29) is 5.41 Å². The van der Waals surface area contributed by atoms with Gasteiger partial charge in [0.1, 0.15) is 0 Å². The molecule has 0 spiro atoms. The summed E-state index contributed by atoms with van der Waals surface area (Å²) in [7, 11) is 0. The first-order valence-corrected chi connectivity index (χ1v) is 4.12. The van der Waals surface area contributed by atoms with E-state index >= 15 is 0 Å². The van der Waals surface area contributed by atoms with Crippen LogP contribution in [0.5, 0.6) is 0 Å². The summed E-state index contributed by atoms with van der Waals surface area (Å²) in [6, 6.07) is 0. The second-order valence-corrected chi connectivity index (χ2v) is 4.82. The molecule has 0 aromatic carbocycles. The molecule has 0 amide bonds. The Morgan fingerprint density at radius 3 is 1.64 bits per heavy atom. The Kier molecular flexibility index (Phi) is 3.15. The highest BCUT2D eigenvalue weighted by atomic mass is 35.5.